The highest BCUT2D eigenvalue weighted by Gasteiger charge is 2.26. The third-order valence-electron chi connectivity index (χ3n) is 4.24. The quantitative estimate of drug-likeness (QED) is 0.781. The van der Waals surface area contributed by atoms with Crippen molar-refractivity contribution in [3.8, 4) is 0 Å². The fourth-order valence-electron chi connectivity index (χ4n) is 2.71. The average molecular weight is 413 g/mol. The van der Waals surface area contributed by atoms with Gasteiger partial charge in [-0.15, -0.1) is 0 Å². The zero-order valence-electron chi connectivity index (χ0n) is 14.8. The van der Waals surface area contributed by atoms with E-state index in [0.717, 1.165) is 0 Å². The normalized spacial score (nSPS) is 16.8. The Kier molecular flexibility index (Phi) is 6.15. The molecule has 0 saturated carbocycles. The fourth-order valence-corrected chi connectivity index (χ4v) is 4.28. The highest BCUT2D eigenvalue weighted by atomic mass is 35.5. The summed E-state index contributed by atoms with van der Waals surface area (Å²) in [5, 5.41) is 7.35. The number of sulfonamides is 1. The fraction of sp³-hybridized carbons (Fsp3) is 0.412. The molecule has 1 saturated heterocycles. The van der Waals surface area contributed by atoms with Crippen molar-refractivity contribution >= 4 is 33.2 Å². The van der Waals surface area contributed by atoms with Crippen LogP contribution >= 0.6 is 11.6 Å². The summed E-state index contributed by atoms with van der Waals surface area (Å²) in [6, 6.07) is 6.17. The van der Waals surface area contributed by atoms with E-state index in [1.807, 2.05) is 0 Å². The van der Waals surface area contributed by atoms with Crippen LogP contribution in [0.15, 0.2) is 41.6 Å². The number of carbonyl (C=O) groups excluding carboxylic acids is 1. The lowest BCUT2D eigenvalue weighted by molar-refractivity contribution is -0.119. The van der Waals surface area contributed by atoms with E-state index >= 15 is 0 Å². The first-order valence-electron chi connectivity index (χ1n) is 8.53. The number of hydrogen-bond acceptors (Lipinski definition) is 5. The zero-order valence-corrected chi connectivity index (χ0v) is 16.4. The summed E-state index contributed by atoms with van der Waals surface area (Å²) >= 11 is 5.82. The lowest BCUT2D eigenvalue weighted by Gasteiger charge is -2.26. The molecule has 3 rings (SSSR count). The van der Waals surface area contributed by atoms with Gasteiger partial charge in [-0.05, 0) is 24.3 Å². The van der Waals surface area contributed by atoms with Gasteiger partial charge >= 0.3 is 0 Å². The average Bonchev–Trinajstić information content (AvgIpc) is 3.07. The first-order valence-corrected chi connectivity index (χ1v) is 10.3. The number of anilines is 1. The summed E-state index contributed by atoms with van der Waals surface area (Å²) in [5.74, 6) is -0.525. The molecule has 0 aliphatic carbocycles. The third-order valence-corrected chi connectivity index (χ3v) is 6.35. The molecule has 2 heterocycles. The predicted octanol–water partition coefficient (Wildman–Crippen LogP) is 1.83. The van der Waals surface area contributed by atoms with E-state index in [2.05, 4.69) is 10.4 Å². The van der Waals surface area contributed by atoms with Gasteiger partial charge in [0.2, 0.25) is 15.9 Å². The lowest BCUT2D eigenvalue weighted by atomic mass is 10.1. The number of aromatic nitrogens is 2. The monoisotopic (exact) mass is 412 g/mol. The predicted molar refractivity (Wildman–Crippen MR) is 101 cm³/mol. The molecule has 0 bridgehead atoms. The highest BCUT2D eigenvalue weighted by molar-refractivity contribution is 7.89. The third kappa shape index (κ3) is 4.86. The molecule has 0 spiro atoms. The van der Waals surface area contributed by atoms with E-state index in [0.29, 0.717) is 43.6 Å². The SMILES string of the molecule is CC(Cn1cc(Cl)cn1)C(=O)Nc1ccc(S(=O)(=O)N2CCOCC2)cc1. The molecule has 1 aliphatic heterocycles. The number of ether oxygens (including phenoxy) is 1. The first kappa shape index (κ1) is 19.8. The summed E-state index contributed by atoms with van der Waals surface area (Å²) in [7, 11) is -3.55. The van der Waals surface area contributed by atoms with Crippen molar-refractivity contribution in [2.75, 3.05) is 31.6 Å². The lowest BCUT2D eigenvalue weighted by Crippen LogP contribution is -2.40. The molecule has 0 radical (unpaired) electrons. The molecule has 27 heavy (non-hydrogen) atoms. The number of morpholine rings is 1. The standard InChI is InChI=1S/C17H21ClN4O4S/c1-13(11-21-12-14(18)10-19-21)17(23)20-15-2-4-16(5-3-15)27(24,25)22-6-8-26-9-7-22/h2-5,10,12-13H,6-9,11H2,1H3,(H,20,23). The van der Waals surface area contributed by atoms with Crippen LogP contribution in [0.5, 0.6) is 0 Å². The van der Waals surface area contributed by atoms with Gasteiger partial charge in [-0.2, -0.15) is 9.40 Å². The van der Waals surface area contributed by atoms with Gasteiger partial charge < -0.3 is 10.1 Å². The van der Waals surface area contributed by atoms with E-state index in [1.165, 1.54) is 22.6 Å². The summed E-state index contributed by atoms with van der Waals surface area (Å²) in [6.07, 6.45) is 3.16. The van der Waals surface area contributed by atoms with Gasteiger partial charge in [0, 0.05) is 25.0 Å². The smallest absolute Gasteiger partial charge is 0.243 e. The Bertz CT molecular complexity index is 892. The number of rotatable bonds is 6. The van der Waals surface area contributed by atoms with Crippen molar-refractivity contribution in [1.82, 2.24) is 14.1 Å². The van der Waals surface area contributed by atoms with Gasteiger partial charge in [-0.3, -0.25) is 9.48 Å². The maximum Gasteiger partial charge on any atom is 0.243 e. The second kappa shape index (κ2) is 8.39. The van der Waals surface area contributed by atoms with Crippen LogP contribution in [0.4, 0.5) is 5.69 Å². The Morgan fingerprint density at radius 2 is 1.96 bits per heavy atom. The summed E-state index contributed by atoms with van der Waals surface area (Å²) in [4.78, 5) is 12.5. The van der Waals surface area contributed by atoms with Crippen molar-refractivity contribution in [2.45, 2.75) is 18.4 Å². The molecule has 146 valence electrons. The Labute approximate surface area is 163 Å². The maximum atomic E-state index is 12.6. The van der Waals surface area contributed by atoms with Gasteiger partial charge in [-0.1, -0.05) is 18.5 Å². The second-order valence-corrected chi connectivity index (χ2v) is 8.69. The van der Waals surface area contributed by atoms with Crippen LogP contribution in [0.25, 0.3) is 0 Å². The Morgan fingerprint density at radius 1 is 1.30 bits per heavy atom. The van der Waals surface area contributed by atoms with Crippen molar-refractivity contribution in [2.24, 2.45) is 5.92 Å². The summed E-state index contributed by atoms with van der Waals surface area (Å²) in [5.41, 5.74) is 0.534. The van der Waals surface area contributed by atoms with Gasteiger partial charge in [0.15, 0.2) is 0 Å². The van der Waals surface area contributed by atoms with Crippen molar-refractivity contribution in [1.29, 1.82) is 0 Å². The summed E-state index contributed by atoms with van der Waals surface area (Å²) < 4.78 is 33.4. The molecule has 1 atom stereocenters. The molecule has 10 heteroatoms. The van der Waals surface area contributed by atoms with Gasteiger partial charge in [0.25, 0.3) is 0 Å². The Morgan fingerprint density at radius 3 is 2.56 bits per heavy atom. The molecular weight excluding hydrogens is 392 g/mol. The topological polar surface area (TPSA) is 93.5 Å². The van der Waals surface area contributed by atoms with Gasteiger partial charge in [0.05, 0.1) is 41.8 Å². The van der Waals surface area contributed by atoms with E-state index < -0.39 is 10.0 Å². The second-order valence-electron chi connectivity index (χ2n) is 6.31. The Hall–Kier alpha value is -1.94. The van der Waals surface area contributed by atoms with Crippen LogP contribution in [-0.2, 0) is 26.1 Å². The van der Waals surface area contributed by atoms with E-state index in [9.17, 15) is 13.2 Å². The van der Waals surface area contributed by atoms with Crippen molar-refractivity contribution in [3.63, 3.8) is 0 Å². The van der Waals surface area contributed by atoms with Crippen LogP contribution in [0.2, 0.25) is 5.02 Å². The molecule has 8 nitrogen and oxygen atoms in total. The summed E-state index contributed by atoms with van der Waals surface area (Å²) in [6.45, 7) is 3.65. The van der Waals surface area contributed by atoms with Crippen LogP contribution in [-0.4, -0.2) is 54.7 Å². The largest absolute Gasteiger partial charge is 0.379 e. The molecule has 1 aromatic carbocycles. The molecule has 2 aromatic rings. The minimum absolute atomic E-state index is 0.189. The molecule has 1 fully saturated rings. The van der Waals surface area contributed by atoms with Crippen LogP contribution in [0.3, 0.4) is 0 Å². The van der Waals surface area contributed by atoms with Gasteiger partial charge in [-0.25, -0.2) is 8.42 Å². The molecule has 1 unspecified atom stereocenters. The number of nitrogens with zero attached hydrogens (tertiary/aromatic N) is 3. The number of nitrogens with one attached hydrogen (secondary N) is 1. The molecule has 1 aliphatic rings. The van der Waals surface area contributed by atoms with Crippen molar-refractivity contribution in [3.05, 3.63) is 41.7 Å². The van der Waals surface area contributed by atoms with Crippen LogP contribution < -0.4 is 5.32 Å². The maximum absolute atomic E-state index is 12.6. The van der Waals surface area contributed by atoms with E-state index in [4.69, 9.17) is 16.3 Å². The van der Waals surface area contributed by atoms with Crippen molar-refractivity contribution < 1.29 is 17.9 Å². The first-order chi connectivity index (χ1) is 12.9. The Balaban J connectivity index is 1.62. The minimum atomic E-state index is -3.55. The highest BCUT2D eigenvalue weighted by Crippen LogP contribution is 2.20. The van der Waals surface area contributed by atoms with Crippen LogP contribution in [0.1, 0.15) is 6.92 Å². The van der Waals surface area contributed by atoms with Gasteiger partial charge in [0.1, 0.15) is 0 Å². The molecule has 1 aromatic heterocycles. The minimum Gasteiger partial charge on any atom is -0.379 e. The van der Waals surface area contributed by atoms with E-state index in [1.54, 1.807) is 29.9 Å². The number of halogens is 1. The zero-order chi connectivity index (χ0) is 19.4. The molecule has 1 N–H and O–H groups in total. The van der Waals surface area contributed by atoms with Crippen LogP contribution in [0, 0.1) is 5.92 Å². The number of hydrogen-bond donors (Lipinski definition) is 1. The number of carbonyl (C=O) groups is 1. The number of benzene rings is 1. The number of amides is 1. The molecule has 1 amide bonds. The van der Waals surface area contributed by atoms with E-state index in [-0.39, 0.29) is 16.7 Å². The molecular formula is C17H21ClN4O4S.